The number of hydrogen-bond acceptors (Lipinski definition) is 5. The van der Waals surface area contributed by atoms with Crippen LogP contribution < -0.4 is 11.2 Å². The quantitative estimate of drug-likeness (QED) is 0.609. The van der Waals surface area contributed by atoms with Gasteiger partial charge in [-0.3, -0.25) is 19.1 Å². The maximum atomic E-state index is 12.8. The van der Waals surface area contributed by atoms with Gasteiger partial charge < -0.3 is 9.47 Å². The molecule has 9 nitrogen and oxygen atoms in total. The SMILES string of the molecule is Cc1cccc(CN2CCN(C(=O)Cn3c(=O)c4c(ncn4C)n(C)c3=O)CC2)c1. The second-order valence-electron chi connectivity index (χ2n) is 7.91. The van der Waals surface area contributed by atoms with E-state index in [2.05, 4.69) is 41.1 Å². The molecule has 1 fully saturated rings. The molecule has 1 amide bonds. The summed E-state index contributed by atoms with van der Waals surface area (Å²) in [7, 11) is 3.25. The highest BCUT2D eigenvalue weighted by Crippen LogP contribution is 2.11. The molecule has 0 bridgehead atoms. The van der Waals surface area contributed by atoms with E-state index in [-0.39, 0.29) is 12.5 Å². The van der Waals surface area contributed by atoms with Gasteiger partial charge in [-0.05, 0) is 12.5 Å². The van der Waals surface area contributed by atoms with E-state index >= 15 is 0 Å². The van der Waals surface area contributed by atoms with E-state index in [9.17, 15) is 14.4 Å². The summed E-state index contributed by atoms with van der Waals surface area (Å²) >= 11 is 0. The topological polar surface area (TPSA) is 85.4 Å². The highest BCUT2D eigenvalue weighted by Gasteiger charge is 2.23. The number of nitrogens with zero attached hydrogens (tertiary/aromatic N) is 6. The van der Waals surface area contributed by atoms with Gasteiger partial charge in [-0.1, -0.05) is 29.8 Å². The van der Waals surface area contributed by atoms with Gasteiger partial charge >= 0.3 is 5.69 Å². The zero-order valence-electron chi connectivity index (χ0n) is 17.5. The van der Waals surface area contributed by atoms with Crippen molar-refractivity contribution in [2.45, 2.75) is 20.0 Å². The Labute approximate surface area is 173 Å². The van der Waals surface area contributed by atoms with E-state index in [1.54, 1.807) is 23.6 Å². The fourth-order valence-corrected chi connectivity index (χ4v) is 4.00. The molecule has 0 N–H and O–H groups in total. The number of carbonyl (C=O) groups excluding carboxylic acids is 1. The molecule has 0 aliphatic carbocycles. The third kappa shape index (κ3) is 3.68. The van der Waals surface area contributed by atoms with Crippen molar-refractivity contribution in [1.82, 2.24) is 28.5 Å². The second kappa shape index (κ2) is 7.91. The first-order valence-electron chi connectivity index (χ1n) is 10.0. The Bertz CT molecular complexity index is 1210. The van der Waals surface area contributed by atoms with Crippen LogP contribution in [-0.4, -0.2) is 60.6 Å². The number of rotatable bonds is 4. The lowest BCUT2D eigenvalue weighted by atomic mass is 10.1. The Morgan fingerprint density at radius 1 is 1.10 bits per heavy atom. The van der Waals surface area contributed by atoms with Gasteiger partial charge in [0.2, 0.25) is 5.91 Å². The van der Waals surface area contributed by atoms with Crippen molar-refractivity contribution >= 4 is 17.1 Å². The molecule has 3 heterocycles. The van der Waals surface area contributed by atoms with Gasteiger partial charge in [0.15, 0.2) is 11.2 Å². The van der Waals surface area contributed by atoms with Crippen molar-refractivity contribution < 1.29 is 4.79 Å². The lowest BCUT2D eigenvalue weighted by Crippen LogP contribution is -2.51. The fraction of sp³-hybridized carbons (Fsp3) is 0.429. The predicted octanol–water partition coefficient (Wildman–Crippen LogP) is 0.0865. The number of aryl methyl sites for hydroxylation is 3. The normalized spacial score (nSPS) is 15.1. The first kappa shape index (κ1) is 20.1. The van der Waals surface area contributed by atoms with E-state index in [1.807, 2.05) is 0 Å². The van der Waals surface area contributed by atoms with Crippen molar-refractivity contribution in [3.05, 3.63) is 62.6 Å². The molecule has 158 valence electrons. The molecule has 0 unspecified atom stereocenters. The molecule has 1 aliphatic rings. The molecule has 3 aromatic rings. The van der Waals surface area contributed by atoms with Crippen LogP contribution >= 0.6 is 0 Å². The van der Waals surface area contributed by atoms with Gasteiger partial charge in [-0.25, -0.2) is 14.3 Å². The number of imidazole rings is 1. The Morgan fingerprint density at radius 3 is 2.53 bits per heavy atom. The molecule has 1 aromatic carbocycles. The summed E-state index contributed by atoms with van der Waals surface area (Å²) in [6.07, 6.45) is 1.49. The van der Waals surface area contributed by atoms with Crippen LogP contribution in [0.5, 0.6) is 0 Å². The van der Waals surface area contributed by atoms with Gasteiger partial charge in [-0.15, -0.1) is 0 Å². The van der Waals surface area contributed by atoms with Gasteiger partial charge in [0.1, 0.15) is 6.54 Å². The lowest BCUT2D eigenvalue weighted by Gasteiger charge is -2.34. The maximum Gasteiger partial charge on any atom is 0.332 e. The van der Waals surface area contributed by atoms with E-state index in [1.165, 1.54) is 22.0 Å². The maximum absolute atomic E-state index is 12.8. The summed E-state index contributed by atoms with van der Waals surface area (Å²) < 4.78 is 3.89. The number of aromatic nitrogens is 4. The molecular formula is C21H26N6O3. The number of fused-ring (bicyclic) bond motifs is 1. The van der Waals surface area contributed by atoms with Crippen LogP contribution in [0.25, 0.3) is 11.2 Å². The number of benzene rings is 1. The summed E-state index contributed by atoms with van der Waals surface area (Å²) in [5, 5.41) is 0. The fourth-order valence-electron chi connectivity index (χ4n) is 4.00. The zero-order valence-corrected chi connectivity index (χ0v) is 17.5. The van der Waals surface area contributed by atoms with Crippen molar-refractivity contribution in [3.63, 3.8) is 0 Å². The molecule has 9 heteroatoms. The summed E-state index contributed by atoms with van der Waals surface area (Å²) in [5.74, 6) is -0.217. The Balaban J connectivity index is 1.45. The average Bonchev–Trinajstić information content (AvgIpc) is 3.12. The van der Waals surface area contributed by atoms with Crippen LogP contribution in [0.4, 0.5) is 0 Å². The molecule has 0 saturated carbocycles. The van der Waals surface area contributed by atoms with Gasteiger partial charge in [0.05, 0.1) is 6.33 Å². The summed E-state index contributed by atoms with van der Waals surface area (Å²) in [6, 6.07) is 8.42. The second-order valence-corrected chi connectivity index (χ2v) is 7.91. The van der Waals surface area contributed by atoms with E-state index in [4.69, 9.17) is 0 Å². The Hall–Kier alpha value is -3.20. The molecule has 30 heavy (non-hydrogen) atoms. The highest BCUT2D eigenvalue weighted by atomic mass is 16.2. The molecule has 1 aliphatic heterocycles. The summed E-state index contributed by atoms with van der Waals surface area (Å²) in [4.78, 5) is 46.4. The predicted molar refractivity (Wildman–Crippen MR) is 113 cm³/mol. The molecular weight excluding hydrogens is 384 g/mol. The van der Waals surface area contributed by atoms with Crippen LogP contribution in [0.2, 0.25) is 0 Å². The van der Waals surface area contributed by atoms with E-state index < -0.39 is 11.2 Å². The minimum atomic E-state index is -0.530. The van der Waals surface area contributed by atoms with Crippen molar-refractivity contribution in [3.8, 4) is 0 Å². The van der Waals surface area contributed by atoms with Crippen molar-refractivity contribution in [1.29, 1.82) is 0 Å². The molecule has 0 radical (unpaired) electrons. The van der Waals surface area contributed by atoms with Crippen molar-refractivity contribution in [2.75, 3.05) is 26.2 Å². The number of piperazine rings is 1. The van der Waals surface area contributed by atoms with Crippen LogP contribution in [-0.2, 0) is 32.0 Å². The van der Waals surface area contributed by atoms with Crippen LogP contribution in [0, 0.1) is 6.92 Å². The van der Waals surface area contributed by atoms with Crippen molar-refractivity contribution in [2.24, 2.45) is 14.1 Å². The van der Waals surface area contributed by atoms with Gasteiger partial charge in [0, 0.05) is 46.8 Å². The third-order valence-electron chi connectivity index (χ3n) is 5.71. The Kier molecular flexibility index (Phi) is 5.29. The molecule has 0 atom stereocenters. The number of amides is 1. The van der Waals surface area contributed by atoms with Crippen LogP contribution in [0.1, 0.15) is 11.1 Å². The summed E-state index contributed by atoms with van der Waals surface area (Å²) in [6.45, 7) is 5.34. The lowest BCUT2D eigenvalue weighted by molar-refractivity contribution is -0.133. The molecule has 2 aromatic heterocycles. The average molecular weight is 410 g/mol. The molecule has 1 saturated heterocycles. The monoisotopic (exact) mass is 410 g/mol. The Morgan fingerprint density at radius 2 is 1.83 bits per heavy atom. The number of hydrogen-bond donors (Lipinski definition) is 0. The molecule has 4 rings (SSSR count). The third-order valence-corrected chi connectivity index (χ3v) is 5.71. The summed E-state index contributed by atoms with van der Waals surface area (Å²) in [5.41, 5.74) is 2.11. The molecule has 0 spiro atoms. The first-order valence-corrected chi connectivity index (χ1v) is 10.0. The van der Waals surface area contributed by atoms with Crippen LogP contribution in [0.15, 0.2) is 40.2 Å². The highest BCUT2D eigenvalue weighted by molar-refractivity contribution is 5.77. The first-order chi connectivity index (χ1) is 14.3. The van der Waals surface area contributed by atoms with Gasteiger partial charge in [0.25, 0.3) is 5.56 Å². The minimum Gasteiger partial charge on any atom is -0.339 e. The zero-order chi connectivity index (χ0) is 21.4. The largest absolute Gasteiger partial charge is 0.339 e. The van der Waals surface area contributed by atoms with E-state index in [0.29, 0.717) is 24.3 Å². The standard InChI is InChI=1S/C21H26N6O3/c1-15-5-4-6-16(11-15)12-25-7-9-26(10-8-25)17(28)13-27-20(29)18-19(22-14-23(18)2)24(3)21(27)30/h4-6,11,14H,7-10,12-13H2,1-3H3. The smallest absolute Gasteiger partial charge is 0.332 e. The minimum absolute atomic E-state index is 0.217. The number of carbonyl (C=O) groups is 1. The van der Waals surface area contributed by atoms with Gasteiger partial charge in [-0.2, -0.15) is 0 Å². The van der Waals surface area contributed by atoms with Crippen LogP contribution in [0.3, 0.4) is 0 Å². The van der Waals surface area contributed by atoms with E-state index in [0.717, 1.165) is 24.2 Å².